The molecule has 1 aliphatic heterocycles. The Bertz CT molecular complexity index is 523. The molecule has 0 radical (unpaired) electrons. The van der Waals surface area contributed by atoms with Crippen molar-refractivity contribution in [3.8, 4) is 0 Å². The molecule has 0 spiro atoms. The summed E-state index contributed by atoms with van der Waals surface area (Å²) in [6.45, 7) is 0. The van der Waals surface area contributed by atoms with Crippen LogP contribution >= 0.6 is 11.3 Å². The van der Waals surface area contributed by atoms with Gasteiger partial charge in [0.05, 0.1) is 24.8 Å². The van der Waals surface area contributed by atoms with Crippen molar-refractivity contribution in [3.63, 3.8) is 0 Å². The largest absolute Gasteiger partial charge is 0.465 e. The lowest BCUT2D eigenvalue weighted by Gasteiger charge is -2.07. The first-order chi connectivity index (χ1) is 8.00. The third kappa shape index (κ3) is 2.95. The highest BCUT2D eigenvalue weighted by molar-refractivity contribution is 7.91. The molecule has 0 aliphatic carbocycles. The number of carbonyl (C=O) groups is 1. The first kappa shape index (κ1) is 12.3. The molecule has 1 saturated heterocycles. The van der Waals surface area contributed by atoms with Gasteiger partial charge >= 0.3 is 5.97 Å². The zero-order valence-electron chi connectivity index (χ0n) is 9.17. The topological polar surface area (TPSA) is 85.4 Å². The maximum absolute atomic E-state index is 11.3. The minimum atomic E-state index is -2.91. The third-order valence-electron chi connectivity index (χ3n) is 2.45. The van der Waals surface area contributed by atoms with E-state index in [1.54, 1.807) is 0 Å². The smallest absolute Gasteiger partial charge is 0.349 e. The number of hydrogen-bond acceptors (Lipinski definition) is 7. The summed E-state index contributed by atoms with van der Waals surface area (Å²) in [6.07, 6.45) is 2.00. The molecule has 0 bridgehead atoms. The molecule has 2 rings (SSSR count). The highest BCUT2D eigenvalue weighted by Crippen LogP contribution is 2.22. The zero-order chi connectivity index (χ0) is 12.5. The van der Waals surface area contributed by atoms with E-state index in [0.717, 1.165) is 11.3 Å². The number of hydrogen-bond donors (Lipinski definition) is 1. The molecule has 1 aliphatic rings. The first-order valence-corrected chi connectivity index (χ1v) is 7.65. The highest BCUT2D eigenvalue weighted by atomic mass is 32.2. The summed E-state index contributed by atoms with van der Waals surface area (Å²) in [6, 6.07) is -0.114. The summed E-state index contributed by atoms with van der Waals surface area (Å²) in [5, 5.41) is 3.56. The number of esters is 1. The molecular formula is C9H12N2O4S2. The van der Waals surface area contributed by atoms with E-state index in [1.807, 2.05) is 0 Å². The van der Waals surface area contributed by atoms with Crippen LogP contribution in [0.5, 0.6) is 0 Å². The predicted molar refractivity (Wildman–Crippen MR) is 64.1 cm³/mol. The molecule has 1 aromatic heterocycles. The monoisotopic (exact) mass is 276 g/mol. The van der Waals surface area contributed by atoms with Crippen LogP contribution in [0.4, 0.5) is 5.13 Å². The Morgan fingerprint density at radius 3 is 3.00 bits per heavy atom. The van der Waals surface area contributed by atoms with Gasteiger partial charge in [-0.25, -0.2) is 18.2 Å². The second-order valence-electron chi connectivity index (χ2n) is 3.77. The van der Waals surface area contributed by atoms with Crippen molar-refractivity contribution in [2.45, 2.75) is 12.5 Å². The molecule has 0 saturated carbocycles. The van der Waals surface area contributed by atoms with Crippen LogP contribution in [0.3, 0.4) is 0 Å². The van der Waals surface area contributed by atoms with E-state index < -0.39 is 15.8 Å². The molecule has 2 heterocycles. The number of rotatable bonds is 3. The van der Waals surface area contributed by atoms with Crippen LogP contribution in [0.15, 0.2) is 6.20 Å². The SMILES string of the molecule is COC(=O)c1cnc(NC2CCS(=O)(=O)C2)s1. The average molecular weight is 276 g/mol. The van der Waals surface area contributed by atoms with Gasteiger partial charge in [0.25, 0.3) is 0 Å². The second-order valence-corrected chi connectivity index (χ2v) is 7.02. The van der Waals surface area contributed by atoms with Gasteiger partial charge in [-0.1, -0.05) is 11.3 Å². The van der Waals surface area contributed by atoms with Crippen molar-refractivity contribution >= 4 is 32.3 Å². The molecule has 17 heavy (non-hydrogen) atoms. The molecule has 1 unspecified atom stereocenters. The number of carbonyl (C=O) groups excluding carboxylic acids is 1. The second kappa shape index (κ2) is 4.61. The third-order valence-corrected chi connectivity index (χ3v) is 5.13. The summed E-state index contributed by atoms with van der Waals surface area (Å²) in [7, 11) is -1.60. The van der Waals surface area contributed by atoms with Crippen molar-refractivity contribution in [2.75, 3.05) is 23.9 Å². The van der Waals surface area contributed by atoms with Crippen LogP contribution in [0, 0.1) is 0 Å². The quantitative estimate of drug-likeness (QED) is 0.810. The predicted octanol–water partition coefficient (Wildman–Crippen LogP) is 0.529. The minimum absolute atomic E-state index is 0.114. The lowest BCUT2D eigenvalue weighted by atomic mass is 10.3. The highest BCUT2D eigenvalue weighted by Gasteiger charge is 2.28. The Balaban J connectivity index is 2.01. The number of thiazole rings is 1. The summed E-state index contributed by atoms with van der Waals surface area (Å²) in [5.74, 6) is -0.102. The zero-order valence-corrected chi connectivity index (χ0v) is 10.8. The van der Waals surface area contributed by atoms with Crippen molar-refractivity contribution in [1.29, 1.82) is 0 Å². The first-order valence-electron chi connectivity index (χ1n) is 5.01. The molecule has 8 heteroatoms. The molecular weight excluding hydrogens is 264 g/mol. The van der Waals surface area contributed by atoms with E-state index in [4.69, 9.17) is 0 Å². The van der Waals surface area contributed by atoms with Gasteiger partial charge in [0.15, 0.2) is 15.0 Å². The van der Waals surface area contributed by atoms with Crippen molar-refractivity contribution in [3.05, 3.63) is 11.1 Å². The van der Waals surface area contributed by atoms with Crippen molar-refractivity contribution in [1.82, 2.24) is 4.98 Å². The standard InChI is InChI=1S/C9H12N2O4S2/c1-15-8(12)7-4-10-9(16-7)11-6-2-3-17(13,14)5-6/h4,6H,2-3,5H2,1H3,(H,10,11). The van der Waals surface area contributed by atoms with E-state index in [2.05, 4.69) is 15.0 Å². The van der Waals surface area contributed by atoms with Gasteiger partial charge in [-0.3, -0.25) is 0 Å². The Labute approximate surface area is 103 Å². The number of anilines is 1. The van der Waals surface area contributed by atoms with Crippen LogP contribution in [-0.4, -0.2) is 44.0 Å². The number of nitrogens with one attached hydrogen (secondary N) is 1. The molecule has 1 atom stereocenters. The van der Waals surface area contributed by atoms with E-state index in [0.29, 0.717) is 16.4 Å². The van der Waals surface area contributed by atoms with E-state index >= 15 is 0 Å². The Kier molecular flexibility index (Phi) is 3.34. The fraction of sp³-hybridized carbons (Fsp3) is 0.556. The van der Waals surface area contributed by atoms with E-state index in [9.17, 15) is 13.2 Å². The summed E-state index contributed by atoms with van der Waals surface area (Å²) < 4.78 is 27.1. The maximum atomic E-state index is 11.3. The maximum Gasteiger partial charge on any atom is 0.349 e. The molecule has 0 amide bonds. The van der Waals surface area contributed by atoms with Crippen LogP contribution in [0.1, 0.15) is 16.1 Å². The summed E-state index contributed by atoms with van der Waals surface area (Å²) in [5.41, 5.74) is 0. The number of nitrogens with zero attached hydrogens (tertiary/aromatic N) is 1. The van der Waals surface area contributed by atoms with Gasteiger partial charge in [0.2, 0.25) is 0 Å². The molecule has 1 N–H and O–H groups in total. The molecule has 94 valence electrons. The number of methoxy groups -OCH3 is 1. The fourth-order valence-electron chi connectivity index (χ4n) is 1.62. The van der Waals surface area contributed by atoms with Gasteiger partial charge < -0.3 is 10.1 Å². The molecule has 1 fully saturated rings. The molecule has 0 aromatic carbocycles. The van der Waals surface area contributed by atoms with E-state index in [-0.39, 0.29) is 17.5 Å². The lowest BCUT2D eigenvalue weighted by Crippen LogP contribution is -2.20. The average Bonchev–Trinajstić information content (AvgIpc) is 2.85. The Hall–Kier alpha value is -1.15. The van der Waals surface area contributed by atoms with Crippen LogP contribution < -0.4 is 5.32 Å². The fourth-order valence-corrected chi connectivity index (χ4v) is 4.10. The lowest BCUT2D eigenvalue weighted by molar-refractivity contribution is 0.0606. The van der Waals surface area contributed by atoms with Crippen LogP contribution in [0.25, 0.3) is 0 Å². The van der Waals surface area contributed by atoms with Gasteiger partial charge in [0.1, 0.15) is 4.88 Å². The number of ether oxygens (including phenoxy) is 1. The summed E-state index contributed by atoms with van der Waals surface area (Å²) >= 11 is 1.16. The number of sulfone groups is 1. The number of aromatic nitrogens is 1. The van der Waals surface area contributed by atoms with Gasteiger partial charge in [-0.15, -0.1) is 0 Å². The van der Waals surface area contributed by atoms with Crippen molar-refractivity contribution < 1.29 is 17.9 Å². The van der Waals surface area contributed by atoms with Crippen LogP contribution in [0.2, 0.25) is 0 Å². The Morgan fingerprint density at radius 1 is 1.65 bits per heavy atom. The molecule has 1 aromatic rings. The Morgan fingerprint density at radius 2 is 2.41 bits per heavy atom. The van der Waals surface area contributed by atoms with Crippen LogP contribution in [-0.2, 0) is 14.6 Å². The van der Waals surface area contributed by atoms with Gasteiger partial charge in [-0.2, -0.15) is 0 Å². The van der Waals surface area contributed by atoms with Crippen molar-refractivity contribution in [2.24, 2.45) is 0 Å². The van der Waals surface area contributed by atoms with Gasteiger partial charge in [-0.05, 0) is 6.42 Å². The minimum Gasteiger partial charge on any atom is -0.465 e. The van der Waals surface area contributed by atoms with Gasteiger partial charge in [0, 0.05) is 6.04 Å². The molecule has 6 nitrogen and oxygen atoms in total. The van der Waals surface area contributed by atoms with E-state index in [1.165, 1.54) is 13.3 Å². The normalized spacial score (nSPS) is 22.3. The summed E-state index contributed by atoms with van der Waals surface area (Å²) in [4.78, 5) is 15.6.